The second kappa shape index (κ2) is 9.36. The second-order valence-electron chi connectivity index (χ2n) is 7.26. The number of benzene rings is 1. The number of rotatable bonds is 9. The molecule has 1 aromatic carbocycles. The van der Waals surface area contributed by atoms with E-state index in [1.807, 2.05) is 13.8 Å². The number of ether oxygens (including phenoxy) is 2. The molecule has 0 radical (unpaired) electrons. The molecule has 1 aliphatic heterocycles. The van der Waals surface area contributed by atoms with E-state index in [9.17, 15) is 5.11 Å². The van der Waals surface area contributed by atoms with E-state index in [0.717, 1.165) is 25.7 Å². The lowest BCUT2D eigenvalue weighted by molar-refractivity contribution is -0.303. The Balaban J connectivity index is 1.75. The maximum atomic E-state index is 10.0. The van der Waals surface area contributed by atoms with Gasteiger partial charge in [0.25, 0.3) is 0 Å². The van der Waals surface area contributed by atoms with Gasteiger partial charge in [-0.25, -0.2) is 0 Å². The van der Waals surface area contributed by atoms with Crippen molar-refractivity contribution < 1.29 is 14.6 Å². The summed E-state index contributed by atoms with van der Waals surface area (Å²) in [6, 6.07) is 10.6. The van der Waals surface area contributed by atoms with Crippen LogP contribution in [0.15, 0.2) is 43.0 Å². The molecule has 134 valence electrons. The van der Waals surface area contributed by atoms with Crippen LogP contribution in [-0.4, -0.2) is 29.2 Å². The monoisotopic (exact) mass is 332 g/mol. The Kier molecular flexibility index (Phi) is 7.47. The fourth-order valence-electron chi connectivity index (χ4n) is 3.48. The molecule has 1 aliphatic rings. The summed E-state index contributed by atoms with van der Waals surface area (Å²) >= 11 is 0. The third kappa shape index (κ3) is 6.76. The highest BCUT2D eigenvalue weighted by molar-refractivity contribution is 5.14. The molecule has 2 rings (SSSR count). The van der Waals surface area contributed by atoms with Gasteiger partial charge in [0.2, 0.25) is 0 Å². The molecule has 1 saturated heterocycles. The molecular formula is C21H32O3. The van der Waals surface area contributed by atoms with E-state index in [2.05, 4.69) is 36.9 Å². The number of hydrogen-bond acceptors (Lipinski definition) is 3. The van der Waals surface area contributed by atoms with E-state index < -0.39 is 5.79 Å². The number of aliphatic hydroxyl groups excluding tert-OH is 1. The van der Waals surface area contributed by atoms with Gasteiger partial charge in [0.05, 0.1) is 18.3 Å². The van der Waals surface area contributed by atoms with Gasteiger partial charge in [0.1, 0.15) is 0 Å². The van der Waals surface area contributed by atoms with E-state index >= 15 is 0 Å². The largest absolute Gasteiger partial charge is 0.393 e. The van der Waals surface area contributed by atoms with E-state index in [-0.39, 0.29) is 18.3 Å². The smallest absolute Gasteiger partial charge is 0.163 e. The minimum absolute atomic E-state index is 0.0582. The Morgan fingerprint density at radius 2 is 1.92 bits per heavy atom. The summed E-state index contributed by atoms with van der Waals surface area (Å²) in [7, 11) is 0. The van der Waals surface area contributed by atoms with Crippen LogP contribution in [0, 0.1) is 0 Å². The maximum Gasteiger partial charge on any atom is 0.163 e. The van der Waals surface area contributed by atoms with Crippen molar-refractivity contribution in [2.75, 3.05) is 0 Å². The minimum Gasteiger partial charge on any atom is -0.393 e. The first-order chi connectivity index (χ1) is 11.5. The van der Waals surface area contributed by atoms with Crippen LogP contribution in [0.4, 0.5) is 0 Å². The first-order valence-corrected chi connectivity index (χ1v) is 9.17. The Morgan fingerprint density at radius 3 is 2.62 bits per heavy atom. The number of aryl methyl sites for hydroxylation is 1. The lowest BCUT2D eigenvalue weighted by Crippen LogP contribution is -2.45. The van der Waals surface area contributed by atoms with Crippen LogP contribution in [0.3, 0.4) is 0 Å². The molecule has 3 nitrogen and oxygen atoms in total. The summed E-state index contributed by atoms with van der Waals surface area (Å²) in [5, 5.41) is 10.0. The Labute approximate surface area is 146 Å². The highest BCUT2D eigenvalue weighted by Gasteiger charge is 2.35. The van der Waals surface area contributed by atoms with Crippen molar-refractivity contribution in [2.24, 2.45) is 0 Å². The van der Waals surface area contributed by atoms with Gasteiger partial charge in [-0.05, 0) is 45.1 Å². The van der Waals surface area contributed by atoms with Gasteiger partial charge in [0.15, 0.2) is 5.79 Å². The first kappa shape index (κ1) is 19.2. The van der Waals surface area contributed by atoms with E-state index in [1.165, 1.54) is 12.0 Å². The molecule has 3 atom stereocenters. The van der Waals surface area contributed by atoms with Crippen LogP contribution in [-0.2, 0) is 15.9 Å². The summed E-state index contributed by atoms with van der Waals surface area (Å²) in [6.07, 6.45) is 8.28. The van der Waals surface area contributed by atoms with Gasteiger partial charge in [-0.1, -0.05) is 42.8 Å². The highest BCUT2D eigenvalue weighted by Crippen LogP contribution is 2.31. The number of hydrogen-bond donors (Lipinski definition) is 1. The van der Waals surface area contributed by atoms with Gasteiger partial charge in [0, 0.05) is 12.8 Å². The Morgan fingerprint density at radius 1 is 1.21 bits per heavy atom. The van der Waals surface area contributed by atoms with E-state index in [1.54, 1.807) is 6.08 Å². The van der Waals surface area contributed by atoms with Gasteiger partial charge < -0.3 is 14.6 Å². The fourth-order valence-corrected chi connectivity index (χ4v) is 3.48. The third-order valence-corrected chi connectivity index (χ3v) is 4.48. The zero-order chi connectivity index (χ0) is 17.4. The molecule has 0 unspecified atom stereocenters. The quantitative estimate of drug-likeness (QED) is 0.529. The van der Waals surface area contributed by atoms with Crippen molar-refractivity contribution in [1.82, 2.24) is 0 Å². The van der Waals surface area contributed by atoms with Crippen molar-refractivity contribution >= 4 is 0 Å². The number of aliphatic hydroxyl groups is 1. The fraction of sp³-hybridized carbons (Fsp3) is 0.619. The zero-order valence-corrected chi connectivity index (χ0v) is 15.1. The standard InChI is InChI=1S/C21H32O3/c1-4-10-18(22)15-20-16-19(23-21(2,3)24-20)14-9-8-13-17-11-6-5-7-12-17/h4-7,11-12,18-20,22H,1,8-10,13-16H2,2-3H3/t18-,19+,20-/m1/s1. The predicted molar refractivity (Wildman–Crippen MR) is 97.9 cm³/mol. The predicted octanol–water partition coefficient (Wildman–Crippen LogP) is 4.64. The topological polar surface area (TPSA) is 38.7 Å². The molecule has 0 aromatic heterocycles. The lowest BCUT2D eigenvalue weighted by atomic mass is 9.97. The maximum absolute atomic E-state index is 10.0. The summed E-state index contributed by atoms with van der Waals surface area (Å²) in [5.74, 6) is -0.569. The molecule has 0 saturated carbocycles. The van der Waals surface area contributed by atoms with Crippen molar-refractivity contribution in [3.63, 3.8) is 0 Å². The normalized spacial score (nSPS) is 24.5. The van der Waals surface area contributed by atoms with Crippen molar-refractivity contribution in [3.05, 3.63) is 48.6 Å². The third-order valence-electron chi connectivity index (χ3n) is 4.48. The number of unbranched alkanes of at least 4 members (excludes halogenated alkanes) is 1. The van der Waals surface area contributed by atoms with Crippen LogP contribution in [0.2, 0.25) is 0 Å². The molecule has 0 aliphatic carbocycles. The van der Waals surface area contributed by atoms with E-state index in [4.69, 9.17) is 9.47 Å². The molecule has 0 spiro atoms. The van der Waals surface area contributed by atoms with Crippen molar-refractivity contribution in [2.45, 2.75) is 82.9 Å². The second-order valence-corrected chi connectivity index (χ2v) is 7.26. The molecule has 1 fully saturated rings. The average molecular weight is 332 g/mol. The summed E-state index contributed by atoms with van der Waals surface area (Å²) in [6.45, 7) is 7.62. The molecule has 0 amide bonds. The molecule has 24 heavy (non-hydrogen) atoms. The van der Waals surface area contributed by atoms with Crippen LogP contribution in [0.25, 0.3) is 0 Å². The molecule has 1 aromatic rings. The first-order valence-electron chi connectivity index (χ1n) is 9.17. The summed E-state index contributed by atoms with van der Waals surface area (Å²) in [5.41, 5.74) is 1.40. The molecule has 3 heteroatoms. The average Bonchev–Trinajstić information content (AvgIpc) is 2.51. The van der Waals surface area contributed by atoms with Crippen LogP contribution in [0.5, 0.6) is 0 Å². The van der Waals surface area contributed by atoms with Gasteiger partial charge in [-0.2, -0.15) is 0 Å². The lowest BCUT2D eigenvalue weighted by Gasteiger charge is -2.41. The van der Waals surface area contributed by atoms with Crippen molar-refractivity contribution in [1.29, 1.82) is 0 Å². The van der Waals surface area contributed by atoms with Gasteiger partial charge in [-0.15, -0.1) is 6.58 Å². The summed E-state index contributed by atoms with van der Waals surface area (Å²) < 4.78 is 12.1. The Hall–Kier alpha value is -1.16. The molecule has 0 bridgehead atoms. The molecular weight excluding hydrogens is 300 g/mol. The van der Waals surface area contributed by atoms with Crippen LogP contribution in [0.1, 0.15) is 57.9 Å². The molecule has 1 heterocycles. The minimum atomic E-state index is -0.569. The highest BCUT2D eigenvalue weighted by atomic mass is 16.7. The van der Waals surface area contributed by atoms with Gasteiger partial charge in [-0.3, -0.25) is 0 Å². The SMILES string of the molecule is C=CC[C@@H](O)C[C@@H]1C[C@H](CCCCc2ccccc2)OC(C)(C)O1. The van der Waals surface area contributed by atoms with Gasteiger partial charge >= 0.3 is 0 Å². The van der Waals surface area contributed by atoms with E-state index in [0.29, 0.717) is 12.8 Å². The van der Waals surface area contributed by atoms with Crippen LogP contribution >= 0.6 is 0 Å². The summed E-state index contributed by atoms with van der Waals surface area (Å²) in [4.78, 5) is 0. The molecule has 1 N–H and O–H groups in total. The Bertz CT molecular complexity index is 483. The zero-order valence-electron chi connectivity index (χ0n) is 15.1. The van der Waals surface area contributed by atoms with Crippen molar-refractivity contribution in [3.8, 4) is 0 Å². The van der Waals surface area contributed by atoms with Crippen LogP contribution < -0.4 is 0 Å².